The molecular formula is C14H15NO2. The van der Waals surface area contributed by atoms with Crippen molar-refractivity contribution in [1.82, 2.24) is 0 Å². The van der Waals surface area contributed by atoms with Crippen LogP contribution < -0.4 is 0 Å². The molecule has 0 bridgehead atoms. The lowest BCUT2D eigenvalue weighted by molar-refractivity contribution is -0.138. The third kappa shape index (κ3) is 4.52. The second-order valence-corrected chi connectivity index (χ2v) is 3.57. The fraction of sp³-hybridized carbons (Fsp3) is 0.286. The molecule has 0 radical (unpaired) electrons. The smallest absolute Gasteiger partial charge is 0.348 e. The monoisotopic (exact) mass is 229 g/mol. The third-order valence-corrected chi connectivity index (χ3v) is 2.18. The molecule has 3 nitrogen and oxygen atoms in total. The molecule has 1 rings (SSSR count). The Bertz CT molecular complexity index is 429. The molecule has 0 saturated heterocycles. The SMILES string of the molecule is CCCCOC(=O)C(C#N)=Cc1ccccc1. The fourth-order valence-electron chi connectivity index (χ4n) is 1.24. The number of nitrogens with zero attached hydrogens (tertiary/aromatic N) is 1. The van der Waals surface area contributed by atoms with Crippen molar-refractivity contribution in [3.63, 3.8) is 0 Å². The molecule has 0 amide bonds. The molecule has 17 heavy (non-hydrogen) atoms. The van der Waals surface area contributed by atoms with Crippen molar-refractivity contribution in [3.05, 3.63) is 41.5 Å². The minimum absolute atomic E-state index is 0.0345. The molecule has 0 aliphatic carbocycles. The Balaban J connectivity index is 2.69. The van der Waals surface area contributed by atoms with Crippen LogP contribution in [0.25, 0.3) is 6.08 Å². The summed E-state index contributed by atoms with van der Waals surface area (Å²) in [7, 11) is 0. The summed E-state index contributed by atoms with van der Waals surface area (Å²) in [6, 6.07) is 11.1. The molecule has 0 aromatic heterocycles. The zero-order chi connectivity index (χ0) is 12.5. The highest BCUT2D eigenvalue weighted by atomic mass is 16.5. The minimum Gasteiger partial charge on any atom is -0.462 e. The molecule has 0 atom stereocenters. The van der Waals surface area contributed by atoms with Crippen molar-refractivity contribution in [2.24, 2.45) is 0 Å². The van der Waals surface area contributed by atoms with Gasteiger partial charge in [-0.05, 0) is 18.1 Å². The zero-order valence-electron chi connectivity index (χ0n) is 9.85. The maximum atomic E-state index is 11.5. The Hall–Kier alpha value is -2.08. The number of rotatable bonds is 5. The third-order valence-electron chi connectivity index (χ3n) is 2.18. The van der Waals surface area contributed by atoms with E-state index < -0.39 is 5.97 Å². The van der Waals surface area contributed by atoms with Crippen molar-refractivity contribution < 1.29 is 9.53 Å². The van der Waals surface area contributed by atoms with Gasteiger partial charge in [0, 0.05) is 0 Å². The summed E-state index contributed by atoms with van der Waals surface area (Å²) >= 11 is 0. The van der Waals surface area contributed by atoms with E-state index in [1.807, 2.05) is 43.3 Å². The van der Waals surface area contributed by atoms with E-state index in [1.165, 1.54) is 6.08 Å². The number of esters is 1. The van der Waals surface area contributed by atoms with Gasteiger partial charge in [-0.15, -0.1) is 0 Å². The summed E-state index contributed by atoms with van der Waals surface area (Å²) in [4.78, 5) is 11.5. The summed E-state index contributed by atoms with van der Waals surface area (Å²) in [5, 5.41) is 8.90. The van der Waals surface area contributed by atoms with Gasteiger partial charge in [-0.1, -0.05) is 43.7 Å². The second kappa shape index (κ2) is 7.24. The lowest BCUT2D eigenvalue weighted by Crippen LogP contribution is -2.07. The first-order valence-corrected chi connectivity index (χ1v) is 5.62. The average Bonchev–Trinajstić information content (AvgIpc) is 2.37. The van der Waals surface area contributed by atoms with E-state index in [1.54, 1.807) is 0 Å². The van der Waals surface area contributed by atoms with Gasteiger partial charge in [0.2, 0.25) is 0 Å². The molecule has 1 aromatic rings. The molecule has 0 heterocycles. The highest BCUT2D eigenvalue weighted by Gasteiger charge is 2.09. The molecular weight excluding hydrogens is 214 g/mol. The second-order valence-electron chi connectivity index (χ2n) is 3.57. The number of nitriles is 1. The number of carbonyl (C=O) groups is 1. The Morgan fingerprint density at radius 3 is 2.71 bits per heavy atom. The summed E-state index contributed by atoms with van der Waals surface area (Å²) in [6.45, 7) is 2.38. The van der Waals surface area contributed by atoms with Crippen molar-refractivity contribution in [3.8, 4) is 6.07 Å². The Morgan fingerprint density at radius 2 is 2.12 bits per heavy atom. The molecule has 0 aliphatic heterocycles. The lowest BCUT2D eigenvalue weighted by Gasteiger charge is -2.02. The summed E-state index contributed by atoms with van der Waals surface area (Å²) < 4.78 is 4.98. The molecule has 88 valence electrons. The van der Waals surface area contributed by atoms with Gasteiger partial charge in [-0.2, -0.15) is 5.26 Å². The quantitative estimate of drug-likeness (QED) is 0.337. The van der Waals surface area contributed by atoms with Crippen molar-refractivity contribution >= 4 is 12.0 Å². The number of ether oxygens (including phenoxy) is 1. The topological polar surface area (TPSA) is 50.1 Å². The zero-order valence-corrected chi connectivity index (χ0v) is 9.85. The van der Waals surface area contributed by atoms with Crippen LogP contribution in [0, 0.1) is 11.3 Å². The van der Waals surface area contributed by atoms with Gasteiger partial charge in [0.1, 0.15) is 11.6 Å². The van der Waals surface area contributed by atoms with Crippen LogP contribution in [0.3, 0.4) is 0 Å². The number of unbranched alkanes of at least 4 members (excludes halogenated alkanes) is 1. The van der Waals surface area contributed by atoms with E-state index >= 15 is 0 Å². The van der Waals surface area contributed by atoms with E-state index in [9.17, 15) is 4.79 Å². The predicted octanol–water partition coefficient (Wildman–Crippen LogP) is 2.94. The molecule has 0 aliphatic rings. The maximum Gasteiger partial charge on any atom is 0.348 e. The van der Waals surface area contributed by atoms with E-state index in [2.05, 4.69) is 0 Å². The standard InChI is InChI=1S/C14H15NO2/c1-2-3-9-17-14(16)13(11-15)10-12-7-5-4-6-8-12/h4-8,10H,2-3,9H2,1H3. The van der Waals surface area contributed by atoms with E-state index in [0.29, 0.717) is 6.61 Å². The summed E-state index contributed by atoms with van der Waals surface area (Å²) in [5.41, 5.74) is 0.851. The van der Waals surface area contributed by atoms with Gasteiger partial charge in [0.25, 0.3) is 0 Å². The molecule has 0 spiro atoms. The number of hydrogen-bond acceptors (Lipinski definition) is 3. The van der Waals surface area contributed by atoms with Crippen LogP contribution in [0.1, 0.15) is 25.3 Å². The first-order valence-electron chi connectivity index (χ1n) is 5.62. The minimum atomic E-state index is -0.551. The Morgan fingerprint density at radius 1 is 1.41 bits per heavy atom. The summed E-state index contributed by atoms with van der Waals surface area (Å²) in [6.07, 6.45) is 3.31. The molecule has 0 unspecified atom stereocenters. The van der Waals surface area contributed by atoms with Gasteiger partial charge in [-0.25, -0.2) is 4.79 Å². The number of carbonyl (C=O) groups excluding carboxylic acids is 1. The highest BCUT2D eigenvalue weighted by Crippen LogP contribution is 2.07. The maximum absolute atomic E-state index is 11.5. The highest BCUT2D eigenvalue weighted by molar-refractivity contribution is 5.97. The van der Waals surface area contributed by atoms with Gasteiger partial charge >= 0.3 is 5.97 Å². The van der Waals surface area contributed by atoms with Crippen LogP contribution in [-0.4, -0.2) is 12.6 Å². The van der Waals surface area contributed by atoms with Crippen LogP contribution in [-0.2, 0) is 9.53 Å². The van der Waals surface area contributed by atoms with Crippen LogP contribution in [0.5, 0.6) is 0 Å². The van der Waals surface area contributed by atoms with Gasteiger partial charge in [-0.3, -0.25) is 0 Å². The van der Waals surface area contributed by atoms with Gasteiger partial charge in [0.05, 0.1) is 6.61 Å². The molecule has 3 heteroatoms. The van der Waals surface area contributed by atoms with Crippen LogP contribution in [0.15, 0.2) is 35.9 Å². The molecule has 0 N–H and O–H groups in total. The van der Waals surface area contributed by atoms with Crippen molar-refractivity contribution in [2.75, 3.05) is 6.61 Å². The van der Waals surface area contributed by atoms with E-state index in [-0.39, 0.29) is 5.57 Å². The molecule has 0 fully saturated rings. The van der Waals surface area contributed by atoms with Crippen molar-refractivity contribution in [2.45, 2.75) is 19.8 Å². The Labute approximate surface area is 101 Å². The first kappa shape index (κ1) is 13.0. The number of benzene rings is 1. The molecule has 1 aromatic carbocycles. The Kier molecular flexibility index (Phi) is 5.53. The van der Waals surface area contributed by atoms with E-state index in [0.717, 1.165) is 18.4 Å². The van der Waals surface area contributed by atoms with E-state index in [4.69, 9.17) is 10.00 Å². The largest absolute Gasteiger partial charge is 0.462 e. The molecule has 0 saturated carbocycles. The lowest BCUT2D eigenvalue weighted by atomic mass is 10.1. The van der Waals surface area contributed by atoms with Gasteiger partial charge in [0.15, 0.2) is 0 Å². The van der Waals surface area contributed by atoms with Gasteiger partial charge < -0.3 is 4.74 Å². The average molecular weight is 229 g/mol. The van der Waals surface area contributed by atoms with Crippen LogP contribution >= 0.6 is 0 Å². The van der Waals surface area contributed by atoms with Crippen LogP contribution in [0.4, 0.5) is 0 Å². The first-order chi connectivity index (χ1) is 8.27. The van der Waals surface area contributed by atoms with Crippen LogP contribution in [0.2, 0.25) is 0 Å². The number of hydrogen-bond donors (Lipinski definition) is 0. The predicted molar refractivity (Wildman–Crippen MR) is 65.9 cm³/mol. The normalized spacial score (nSPS) is 10.7. The summed E-state index contributed by atoms with van der Waals surface area (Å²) in [5.74, 6) is -0.551. The fourth-order valence-corrected chi connectivity index (χ4v) is 1.24. The van der Waals surface area contributed by atoms with Crippen molar-refractivity contribution in [1.29, 1.82) is 5.26 Å².